The van der Waals surface area contributed by atoms with Crippen molar-refractivity contribution in [2.45, 2.75) is 39.2 Å². The Morgan fingerprint density at radius 3 is 2.55 bits per heavy atom. The zero-order chi connectivity index (χ0) is 21.4. The minimum Gasteiger partial charge on any atom is -0.379 e. The summed E-state index contributed by atoms with van der Waals surface area (Å²) in [6.45, 7) is 11.9. The lowest BCUT2D eigenvalue weighted by Gasteiger charge is -2.41. The van der Waals surface area contributed by atoms with Crippen molar-refractivity contribution in [3.8, 4) is 5.69 Å². The maximum Gasteiger partial charge on any atom is 0.191 e. The molecule has 31 heavy (non-hydrogen) atoms. The minimum absolute atomic E-state index is 0. The number of para-hydroxylation sites is 1. The van der Waals surface area contributed by atoms with Gasteiger partial charge in [0.1, 0.15) is 0 Å². The molecule has 2 aromatic rings. The van der Waals surface area contributed by atoms with Crippen LogP contribution in [0.2, 0.25) is 0 Å². The first-order valence-corrected chi connectivity index (χ1v) is 10.9. The molecule has 0 aliphatic carbocycles. The predicted molar refractivity (Wildman–Crippen MR) is 138 cm³/mol. The molecule has 1 saturated heterocycles. The highest BCUT2D eigenvalue weighted by Gasteiger charge is 2.28. The topological polar surface area (TPSA) is 66.7 Å². The summed E-state index contributed by atoms with van der Waals surface area (Å²) >= 11 is 0. The van der Waals surface area contributed by atoms with Gasteiger partial charge in [0.05, 0.1) is 24.6 Å². The van der Waals surface area contributed by atoms with Gasteiger partial charge in [-0.05, 0) is 51.3 Å². The fourth-order valence-electron chi connectivity index (χ4n) is 3.74. The molecular formula is C23H37IN6O. The van der Waals surface area contributed by atoms with Gasteiger partial charge in [0.25, 0.3) is 0 Å². The molecule has 1 aliphatic rings. The average molecular weight is 540 g/mol. The Bertz CT molecular complexity index is 815. The Kier molecular flexibility index (Phi) is 10.2. The van der Waals surface area contributed by atoms with Crippen molar-refractivity contribution in [1.82, 2.24) is 25.3 Å². The van der Waals surface area contributed by atoms with Gasteiger partial charge in [-0.15, -0.1) is 24.0 Å². The Labute approximate surface area is 203 Å². The standard InChI is InChI=1S/C23H36N6O.HI/c1-19-20(17-29(27-19)21-10-6-5-7-11-21)9-8-12-25-22(24-4)26-18-23(2,3)28-13-15-30-16-14-28;/h5-7,10-11,17H,8-9,12-16,18H2,1-4H3,(H2,24,25,26);1H. The maximum atomic E-state index is 5.47. The molecule has 0 amide bonds. The van der Waals surface area contributed by atoms with Crippen molar-refractivity contribution in [2.75, 3.05) is 46.4 Å². The summed E-state index contributed by atoms with van der Waals surface area (Å²) < 4.78 is 7.44. The highest BCUT2D eigenvalue weighted by molar-refractivity contribution is 14.0. The molecule has 0 bridgehead atoms. The van der Waals surface area contributed by atoms with Crippen molar-refractivity contribution < 1.29 is 4.74 Å². The van der Waals surface area contributed by atoms with Gasteiger partial charge in [-0.2, -0.15) is 5.10 Å². The Morgan fingerprint density at radius 1 is 1.16 bits per heavy atom. The van der Waals surface area contributed by atoms with Crippen LogP contribution in [0.5, 0.6) is 0 Å². The molecule has 3 rings (SSSR count). The van der Waals surface area contributed by atoms with Crippen LogP contribution in [0.25, 0.3) is 5.69 Å². The van der Waals surface area contributed by atoms with Crippen molar-refractivity contribution >= 4 is 29.9 Å². The lowest BCUT2D eigenvalue weighted by Crippen LogP contribution is -2.56. The summed E-state index contributed by atoms with van der Waals surface area (Å²) in [7, 11) is 1.82. The second-order valence-corrected chi connectivity index (χ2v) is 8.39. The SMILES string of the molecule is CN=C(NCCCc1cn(-c2ccccc2)nc1C)NCC(C)(C)N1CCOCC1.I. The van der Waals surface area contributed by atoms with Crippen molar-refractivity contribution in [1.29, 1.82) is 0 Å². The van der Waals surface area contributed by atoms with Crippen LogP contribution < -0.4 is 10.6 Å². The molecule has 1 aliphatic heterocycles. The summed E-state index contributed by atoms with van der Waals surface area (Å²) in [5.41, 5.74) is 3.54. The molecule has 0 unspecified atom stereocenters. The van der Waals surface area contributed by atoms with Crippen molar-refractivity contribution in [2.24, 2.45) is 4.99 Å². The zero-order valence-electron chi connectivity index (χ0n) is 19.2. The van der Waals surface area contributed by atoms with Gasteiger partial charge in [-0.25, -0.2) is 4.68 Å². The molecule has 0 radical (unpaired) electrons. The normalized spacial score (nSPS) is 15.4. The lowest BCUT2D eigenvalue weighted by atomic mass is 10.0. The van der Waals surface area contributed by atoms with Gasteiger partial charge in [-0.3, -0.25) is 9.89 Å². The zero-order valence-corrected chi connectivity index (χ0v) is 21.6. The number of rotatable bonds is 8. The van der Waals surface area contributed by atoms with E-state index in [0.29, 0.717) is 0 Å². The highest BCUT2D eigenvalue weighted by atomic mass is 127. The fraction of sp³-hybridized carbons (Fsp3) is 0.565. The van der Waals surface area contributed by atoms with Crippen LogP contribution in [0.1, 0.15) is 31.5 Å². The molecule has 172 valence electrons. The number of hydrogen-bond acceptors (Lipinski definition) is 4. The van der Waals surface area contributed by atoms with Crippen molar-refractivity contribution in [3.63, 3.8) is 0 Å². The number of ether oxygens (including phenoxy) is 1. The monoisotopic (exact) mass is 540 g/mol. The number of aliphatic imine (C=N–C) groups is 1. The van der Waals surface area contributed by atoms with E-state index in [2.05, 4.69) is 64.7 Å². The van der Waals surface area contributed by atoms with Crippen molar-refractivity contribution in [3.05, 3.63) is 47.8 Å². The molecule has 2 heterocycles. The molecule has 1 aromatic carbocycles. The summed E-state index contributed by atoms with van der Waals surface area (Å²) in [6.07, 6.45) is 4.15. The molecule has 0 atom stereocenters. The Balaban J connectivity index is 0.00000341. The van der Waals surface area contributed by atoms with Gasteiger partial charge in [-0.1, -0.05) is 18.2 Å². The van der Waals surface area contributed by atoms with E-state index in [4.69, 9.17) is 4.74 Å². The molecule has 7 nitrogen and oxygen atoms in total. The van der Waals surface area contributed by atoms with Crippen LogP contribution in [-0.4, -0.2) is 72.6 Å². The van der Waals surface area contributed by atoms with E-state index >= 15 is 0 Å². The largest absolute Gasteiger partial charge is 0.379 e. The number of aryl methyl sites for hydroxylation is 2. The number of morpholine rings is 1. The third-order valence-electron chi connectivity index (χ3n) is 5.72. The molecule has 0 spiro atoms. The van der Waals surface area contributed by atoms with Crippen LogP contribution in [0.4, 0.5) is 0 Å². The Morgan fingerprint density at radius 2 is 1.87 bits per heavy atom. The summed E-state index contributed by atoms with van der Waals surface area (Å²) in [6, 6.07) is 10.2. The average Bonchev–Trinajstić information content (AvgIpc) is 3.15. The molecule has 0 saturated carbocycles. The molecular weight excluding hydrogens is 503 g/mol. The Hall–Kier alpha value is -1.65. The summed E-state index contributed by atoms with van der Waals surface area (Å²) in [5.74, 6) is 0.855. The lowest BCUT2D eigenvalue weighted by molar-refractivity contribution is -0.00833. The first kappa shape index (κ1) is 25.6. The van der Waals surface area contributed by atoms with E-state index in [9.17, 15) is 0 Å². The quantitative estimate of drug-likeness (QED) is 0.233. The van der Waals surface area contributed by atoms with E-state index in [1.165, 1.54) is 5.56 Å². The fourth-order valence-corrected chi connectivity index (χ4v) is 3.74. The van der Waals surface area contributed by atoms with Crippen LogP contribution >= 0.6 is 24.0 Å². The molecule has 1 fully saturated rings. The van der Waals surface area contributed by atoms with Gasteiger partial charge in [0.15, 0.2) is 5.96 Å². The number of benzene rings is 1. The first-order valence-electron chi connectivity index (χ1n) is 10.9. The molecule has 2 N–H and O–H groups in total. The van der Waals surface area contributed by atoms with Crippen LogP contribution in [0.3, 0.4) is 0 Å². The van der Waals surface area contributed by atoms with E-state index in [1.54, 1.807) is 0 Å². The van der Waals surface area contributed by atoms with E-state index in [1.807, 2.05) is 29.9 Å². The second kappa shape index (κ2) is 12.4. The molecule has 1 aromatic heterocycles. The number of nitrogens with zero attached hydrogens (tertiary/aromatic N) is 4. The third-order valence-corrected chi connectivity index (χ3v) is 5.72. The highest BCUT2D eigenvalue weighted by Crippen LogP contribution is 2.15. The number of aromatic nitrogens is 2. The van der Waals surface area contributed by atoms with E-state index in [-0.39, 0.29) is 29.5 Å². The number of hydrogen-bond donors (Lipinski definition) is 2. The van der Waals surface area contributed by atoms with E-state index in [0.717, 1.165) is 69.6 Å². The van der Waals surface area contributed by atoms with Gasteiger partial charge in [0, 0.05) is 45.0 Å². The maximum absolute atomic E-state index is 5.47. The number of guanidine groups is 1. The van der Waals surface area contributed by atoms with Gasteiger partial charge >= 0.3 is 0 Å². The number of nitrogens with one attached hydrogen (secondary N) is 2. The second-order valence-electron chi connectivity index (χ2n) is 8.39. The third kappa shape index (κ3) is 7.47. The van der Waals surface area contributed by atoms with Gasteiger partial charge in [0.2, 0.25) is 0 Å². The van der Waals surface area contributed by atoms with E-state index < -0.39 is 0 Å². The summed E-state index contributed by atoms with van der Waals surface area (Å²) in [4.78, 5) is 6.85. The summed E-state index contributed by atoms with van der Waals surface area (Å²) in [5, 5.41) is 11.6. The van der Waals surface area contributed by atoms with Gasteiger partial charge < -0.3 is 15.4 Å². The first-order chi connectivity index (χ1) is 14.5. The van der Waals surface area contributed by atoms with Crippen LogP contribution in [0, 0.1) is 6.92 Å². The number of halogens is 1. The van der Waals surface area contributed by atoms with Crippen LogP contribution in [-0.2, 0) is 11.2 Å². The van der Waals surface area contributed by atoms with Crippen LogP contribution in [0.15, 0.2) is 41.5 Å². The smallest absolute Gasteiger partial charge is 0.191 e. The minimum atomic E-state index is 0. The molecule has 8 heteroatoms. The predicted octanol–water partition coefficient (Wildman–Crippen LogP) is 3.01.